The third kappa shape index (κ3) is 3.67. The summed E-state index contributed by atoms with van der Waals surface area (Å²) in [5.74, 6) is -0.0565. The summed E-state index contributed by atoms with van der Waals surface area (Å²) in [4.78, 5) is 16.2. The zero-order valence-electron chi connectivity index (χ0n) is 14.1. The summed E-state index contributed by atoms with van der Waals surface area (Å²) < 4.78 is 25.8. The topological polar surface area (TPSA) is 42.0 Å². The molecule has 1 aromatic rings. The number of hydrogen-bond donors (Lipinski definition) is 0. The number of rotatable bonds is 0. The molecule has 1 fully saturated rings. The van der Waals surface area contributed by atoms with E-state index in [1.54, 1.807) is 11.0 Å². The van der Waals surface area contributed by atoms with Crippen LogP contribution in [0.2, 0.25) is 0 Å². The Hall–Kier alpha value is -1.34. The van der Waals surface area contributed by atoms with Crippen molar-refractivity contribution in [3.63, 3.8) is 0 Å². The highest BCUT2D eigenvalue weighted by atomic mass is 79.9. The van der Waals surface area contributed by atoms with Crippen LogP contribution in [0.15, 0.2) is 16.6 Å². The predicted octanol–water partition coefficient (Wildman–Crippen LogP) is 3.40. The van der Waals surface area contributed by atoms with Crippen LogP contribution in [0.4, 0.5) is 9.18 Å². The van der Waals surface area contributed by atoms with Gasteiger partial charge in [-0.25, -0.2) is 9.18 Å². The molecule has 2 heterocycles. The van der Waals surface area contributed by atoms with Crippen LogP contribution in [0, 0.1) is 5.82 Å². The summed E-state index contributed by atoms with van der Waals surface area (Å²) in [6, 6.07) is 3.61. The third-order valence-corrected chi connectivity index (χ3v) is 4.79. The average molecular weight is 401 g/mol. The summed E-state index contributed by atoms with van der Waals surface area (Å²) >= 11 is 3.19. The highest BCUT2D eigenvalue weighted by Crippen LogP contribution is 2.33. The fourth-order valence-corrected chi connectivity index (χ4v) is 3.31. The SMILES string of the molecule is CC(C)(C)OC(=O)N1CCN2Cc3ccc(Br)c(F)c3OCC2C1. The molecule has 24 heavy (non-hydrogen) atoms. The largest absolute Gasteiger partial charge is 0.488 e. The minimum Gasteiger partial charge on any atom is -0.488 e. The minimum atomic E-state index is -0.514. The Morgan fingerprint density at radius 1 is 1.38 bits per heavy atom. The maximum atomic E-state index is 14.3. The third-order valence-electron chi connectivity index (χ3n) is 4.18. The van der Waals surface area contributed by atoms with Gasteiger partial charge in [-0.05, 0) is 42.8 Å². The Balaban J connectivity index is 1.72. The fourth-order valence-electron chi connectivity index (χ4n) is 3.00. The number of benzene rings is 1. The van der Waals surface area contributed by atoms with Gasteiger partial charge in [0.05, 0.1) is 10.5 Å². The number of piperazine rings is 1. The van der Waals surface area contributed by atoms with Crippen molar-refractivity contribution < 1.29 is 18.7 Å². The molecule has 1 atom stereocenters. The first kappa shape index (κ1) is 17.5. The summed E-state index contributed by atoms with van der Waals surface area (Å²) in [7, 11) is 0. The first-order valence-corrected chi connectivity index (χ1v) is 8.85. The van der Waals surface area contributed by atoms with E-state index < -0.39 is 5.60 Å². The van der Waals surface area contributed by atoms with Gasteiger partial charge in [0.15, 0.2) is 11.6 Å². The van der Waals surface area contributed by atoms with Crippen molar-refractivity contribution in [2.45, 2.75) is 39.0 Å². The van der Waals surface area contributed by atoms with E-state index in [-0.39, 0.29) is 18.0 Å². The Bertz CT molecular complexity index is 647. The van der Waals surface area contributed by atoms with Crippen molar-refractivity contribution in [2.24, 2.45) is 0 Å². The summed E-state index contributed by atoms with van der Waals surface area (Å²) in [6.07, 6.45) is -0.308. The second kappa shape index (κ2) is 6.52. The summed E-state index contributed by atoms with van der Waals surface area (Å²) in [6.45, 7) is 8.36. The van der Waals surface area contributed by atoms with E-state index in [1.165, 1.54) is 0 Å². The number of amides is 1. The lowest BCUT2D eigenvalue weighted by Gasteiger charge is -2.40. The molecule has 2 aliphatic heterocycles. The molecule has 7 heteroatoms. The molecule has 1 aromatic carbocycles. The first-order chi connectivity index (χ1) is 11.2. The first-order valence-electron chi connectivity index (χ1n) is 8.06. The van der Waals surface area contributed by atoms with Gasteiger partial charge in [-0.1, -0.05) is 6.07 Å². The summed E-state index contributed by atoms with van der Waals surface area (Å²) in [5.41, 5.74) is 0.323. The molecule has 5 nitrogen and oxygen atoms in total. The number of carbonyl (C=O) groups is 1. The molecule has 0 saturated carbocycles. The van der Waals surface area contributed by atoms with Crippen molar-refractivity contribution in [1.29, 1.82) is 0 Å². The van der Waals surface area contributed by atoms with Gasteiger partial charge in [-0.15, -0.1) is 0 Å². The number of carbonyl (C=O) groups excluding carboxylic acids is 1. The van der Waals surface area contributed by atoms with Crippen LogP contribution in [-0.4, -0.2) is 53.8 Å². The van der Waals surface area contributed by atoms with Crippen LogP contribution in [0.3, 0.4) is 0 Å². The molecule has 1 saturated heterocycles. The normalized spacial score (nSPS) is 21.4. The molecule has 1 amide bonds. The van der Waals surface area contributed by atoms with Gasteiger partial charge >= 0.3 is 6.09 Å². The Morgan fingerprint density at radius 3 is 2.83 bits per heavy atom. The monoisotopic (exact) mass is 400 g/mol. The van der Waals surface area contributed by atoms with Gasteiger partial charge < -0.3 is 14.4 Å². The standard InChI is InChI=1S/C17H22BrFN2O3/c1-17(2,3)24-16(22)21-7-6-20-8-11-4-5-13(18)14(19)15(11)23-10-12(20)9-21/h4-5,12H,6-10H2,1-3H3. The zero-order chi connectivity index (χ0) is 17.5. The molecule has 0 N–H and O–H groups in total. The molecule has 3 rings (SSSR count). The van der Waals surface area contributed by atoms with E-state index in [9.17, 15) is 9.18 Å². The Morgan fingerprint density at radius 2 is 2.12 bits per heavy atom. The molecule has 0 bridgehead atoms. The second-order valence-electron chi connectivity index (χ2n) is 7.21. The van der Waals surface area contributed by atoms with Crippen LogP contribution in [-0.2, 0) is 11.3 Å². The molecule has 0 radical (unpaired) electrons. The molecule has 0 spiro atoms. The van der Waals surface area contributed by atoms with E-state index >= 15 is 0 Å². The maximum Gasteiger partial charge on any atom is 0.410 e. The highest BCUT2D eigenvalue weighted by Gasteiger charge is 2.35. The number of ether oxygens (including phenoxy) is 2. The van der Waals surface area contributed by atoms with Crippen LogP contribution in [0.5, 0.6) is 5.75 Å². The van der Waals surface area contributed by atoms with E-state index in [2.05, 4.69) is 20.8 Å². The zero-order valence-corrected chi connectivity index (χ0v) is 15.7. The van der Waals surface area contributed by atoms with Gasteiger partial charge in [0.2, 0.25) is 0 Å². The lowest BCUT2D eigenvalue weighted by Crippen LogP contribution is -2.56. The van der Waals surface area contributed by atoms with Gasteiger partial charge in [0.1, 0.15) is 12.2 Å². The van der Waals surface area contributed by atoms with Crippen LogP contribution < -0.4 is 4.74 Å². The second-order valence-corrected chi connectivity index (χ2v) is 8.07. The van der Waals surface area contributed by atoms with Crippen LogP contribution >= 0.6 is 15.9 Å². The van der Waals surface area contributed by atoms with E-state index in [0.717, 1.165) is 5.56 Å². The lowest BCUT2D eigenvalue weighted by atomic mass is 10.1. The van der Waals surface area contributed by atoms with Crippen molar-refractivity contribution in [3.8, 4) is 5.75 Å². The van der Waals surface area contributed by atoms with Crippen molar-refractivity contribution in [2.75, 3.05) is 26.2 Å². The van der Waals surface area contributed by atoms with Crippen molar-refractivity contribution in [3.05, 3.63) is 28.0 Å². The van der Waals surface area contributed by atoms with Gasteiger partial charge in [-0.2, -0.15) is 0 Å². The molecule has 2 aliphatic rings. The molecule has 1 unspecified atom stereocenters. The van der Waals surface area contributed by atoms with Crippen molar-refractivity contribution >= 4 is 22.0 Å². The molecular formula is C17H22BrFN2O3. The number of halogens is 2. The van der Waals surface area contributed by atoms with Gasteiger partial charge in [0, 0.05) is 31.7 Å². The molecule has 132 valence electrons. The lowest BCUT2D eigenvalue weighted by molar-refractivity contribution is -0.00164. The highest BCUT2D eigenvalue weighted by molar-refractivity contribution is 9.10. The van der Waals surface area contributed by atoms with Crippen LogP contribution in [0.1, 0.15) is 26.3 Å². The molecule has 0 aliphatic carbocycles. The van der Waals surface area contributed by atoms with Gasteiger partial charge in [-0.3, -0.25) is 4.90 Å². The maximum absolute atomic E-state index is 14.3. The van der Waals surface area contributed by atoms with E-state index in [4.69, 9.17) is 9.47 Å². The van der Waals surface area contributed by atoms with Crippen molar-refractivity contribution in [1.82, 2.24) is 9.80 Å². The number of hydrogen-bond acceptors (Lipinski definition) is 4. The Labute approximate surface area is 149 Å². The van der Waals surface area contributed by atoms with Crippen LogP contribution in [0.25, 0.3) is 0 Å². The van der Waals surface area contributed by atoms with E-state index in [0.29, 0.717) is 43.0 Å². The fraction of sp³-hybridized carbons (Fsp3) is 0.588. The smallest absolute Gasteiger partial charge is 0.410 e. The predicted molar refractivity (Wildman–Crippen MR) is 91.6 cm³/mol. The number of nitrogens with zero attached hydrogens (tertiary/aromatic N) is 2. The molecule has 0 aromatic heterocycles. The summed E-state index contributed by atoms with van der Waals surface area (Å²) in [5, 5.41) is 0. The minimum absolute atomic E-state index is 0.0249. The average Bonchev–Trinajstić information content (AvgIpc) is 2.68. The Kier molecular flexibility index (Phi) is 4.75. The number of fused-ring (bicyclic) bond motifs is 2. The van der Waals surface area contributed by atoms with Gasteiger partial charge in [0.25, 0.3) is 0 Å². The quantitative estimate of drug-likeness (QED) is 0.669. The van der Waals surface area contributed by atoms with E-state index in [1.807, 2.05) is 26.8 Å². The molecular weight excluding hydrogens is 379 g/mol.